The first-order valence-electron chi connectivity index (χ1n) is 6.50. The number of nitrogens with one attached hydrogen (secondary N) is 2. The smallest absolute Gasteiger partial charge is 0.407 e. The molecule has 0 aromatic heterocycles. The van der Waals surface area contributed by atoms with Gasteiger partial charge in [0.2, 0.25) is 5.91 Å². The summed E-state index contributed by atoms with van der Waals surface area (Å²) in [5, 5.41) is 2.71. The second kappa shape index (κ2) is 10.5. The summed E-state index contributed by atoms with van der Waals surface area (Å²) >= 11 is 0. The zero-order valence-corrected chi connectivity index (χ0v) is 12.1. The van der Waals surface area contributed by atoms with Crippen molar-refractivity contribution in [3.05, 3.63) is 35.9 Å². The molecule has 0 bridgehead atoms. The van der Waals surface area contributed by atoms with Crippen molar-refractivity contribution in [3.63, 3.8) is 0 Å². The fourth-order valence-electron chi connectivity index (χ4n) is 2.00. The highest BCUT2D eigenvalue weighted by Crippen LogP contribution is 2.27. The molecule has 1 aromatic rings. The number of hydrazine groups is 2. The van der Waals surface area contributed by atoms with Crippen LogP contribution in [0.1, 0.15) is 18.4 Å². The fourth-order valence-corrected chi connectivity index (χ4v) is 2.00. The van der Waals surface area contributed by atoms with Crippen molar-refractivity contribution < 1.29 is 19.8 Å². The summed E-state index contributed by atoms with van der Waals surface area (Å²) in [7, 11) is 0. The van der Waals surface area contributed by atoms with Gasteiger partial charge in [0.05, 0.1) is 0 Å². The molecule has 0 radical (unpaired) electrons. The summed E-state index contributed by atoms with van der Waals surface area (Å²) in [6.07, 6.45) is 0.743. The zero-order valence-electron chi connectivity index (χ0n) is 12.1. The number of amides is 2. The van der Waals surface area contributed by atoms with Crippen molar-refractivity contribution in [1.29, 1.82) is 0 Å². The van der Waals surface area contributed by atoms with Gasteiger partial charge in [0, 0.05) is 12.0 Å². The van der Waals surface area contributed by atoms with Crippen molar-refractivity contribution in [1.82, 2.24) is 10.7 Å². The Morgan fingerprint density at radius 2 is 1.77 bits per heavy atom. The fraction of sp³-hybridized carbons (Fsp3) is 0.385. The van der Waals surface area contributed by atoms with Gasteiger partial charge in [-0.25, -0.2) is 10.6 Å². The van der Waals surface area contributed by atoms with Gasteiger partial charge in [0.25, 0.3) is 0 Å². The van der Waals surface area contributed by atoms with Crippen molar-refractivity contribution in [2.45, 2.75) is 25.5 Å². The van der Waals surface area contributed by atoms with E-state index in [9.17, 15) is 9.59 Å². The third-order valence-electron chi connectivity index (χ3n) is 3.19. The highest BCUT2D eigenvalue weighted by molar-refractivity contribution is 5.79. The molecule has 22 heavy (non-hydrogen) atoms. The normalized spacial score (nSPS) is 18.5. The SMILES string of the molecule is NN.NNC(=O)C1CC(NC(=O)OCc2ccccc2)C1.O. The van der Waals surface area contributed by atoms with Crippen LogP contribution in [0.2, 0.25) is 0 Å². The molecular weight excluding hydrogens is 290 g/mol. The third-order valence-corrected chi connectivity index (χ3v) is 3.19. The van der Waals surface area contributed by atoms with Gasteiger partial charge < -0.3 is 15.5 Å². The number of nitrogens with two attached hydrogens (primary N) is 3. The Balaban J connectivity index is 0.00000141. The molecule has 9 heteroatoms. The van der Waals surface area contributed by atoms with E-state index in [1.807, 2.05) is 30.3 Å². The maximum Gasteiger partial charge on any atom is 0.407 e. The average Bonchev–Trinajstić information content (AvgIpc) is 2.50. The molecule has 1 aromatic carbocycles. The Bertz CT molecular complexity index is 451. The average molecular weight is 313 g/mol. The number of hydrogen-bond acceptors (Lipinski definition) is 6. The highest BCUT2D eigenvalue weighted by Gasteiger charge is 2.35. The summed E-state index contributed by atoms with van der Waals surface area (Å²) in [4.78, 5) is 22.7. The van der Waals surface area contributed by atoms with Crippen LogP contribution in [0.5, 0.6) is 0 Å². The molecule has 124 valence electrons. The van der Waals surface area contributed by atoms with Gasteiger partial charge in [-0.3, -0.25) is 21.9 Å². The topological polar surface area (TPSA) is 177 Å². The van der Waals surface area contributed by atoms with Crippen molar-refractivity contribution >= 4 is 12.0 Å². The van der Waals surface area contributed by atoms with Crippen LogP contribution in [0.3, 0.4) is 0 Å². The van der Waals surface area contributed by atoms with E-state index in [2.05, 4.69) is 22.4 Å². The Morgan fingerprint density at radius 1 is 1.18 bits per heavy atom. The van der Waals surface area contributed by atoms with E-state index in [-0.39, 0.29) is 30.0 Å². The van der Waals surface area contributed by atoms with E-state index in [4.69, 9.17) is 10.6 Å². The van der Waals surface area contributed by atoms with E-state index >= 15 is 0 Å². The monoisotopic (exact) mass is 313 g/mol. The van der Waals surface area contributed by atoms with Gasteiger partial charge in [0.15, 0.2) is 0 Å². The lowest BCUT2D eigenvalue weighted by Crippen LogP contribution is -2.50. The molecule has 0 aliphatic heterocycles. The maximum atomic E-state index is 11.5. The van der Waals surface area contributed by atoms with Gasteiger partial charge in [-0.2, -0.15) is 0 Å². The van der Waals surface area contributed by atoms with Crippen molar-refractivity contribution in [2.75, 3.05) is 0 Å². The number of benzene rings is 1. The molecule has 10 N–H and O–H groups in total. The predicted molar refractivity (Wildman–Crippen MR) is 80.6 cm³/mol. The Kier molecular flexibility index (Phi) is 9.46. The second-order valence-corrected chi connectivity index (χ2v) is 4.58. The number of carbonyl (C=O) groups excluding carboxylic acids is 2. The Labute approximate surface area is 128 Å². The zero-order chi connectivity index (χ0) is 15.7. The molecule has 9 nitrogen and oxygen atoms in total. The molecule has 2 rings (SSSR count). The Hall–Kier alpha value is -2.20. The highest BCUT2D eigenvalue weighted by atomic mass is 16.5. The van der Waals surface area contributed by atoms with Crippen LogP contribution in [-0.4, -0.2) is 23.5 Å². The van der Waals surface area contributed by atoms with E-state index in [0.717, 1.165) is 5.56 Å². The summed E-state index contributed by atoms with van der Waals surface area (Å²) in [6, 6.07) is 9.44. The molecule has 1 saturated carbocycles. The van der Waals surface area contributed by atoms with Crippen molar-refractivity contribution in [2.24, 2.45) is 23.4 Å². The lowest BCUT2D eigenvalue weighted by molar-refractivity contribution is -0.128. The Morgan fingerprint density at radius 3 is 2.32 bits per heavy atom. The minimum atomic E-state index is -0.458. The summed E-state index contributed by atoms with van der Waals surface area (Å²) in [5.41, 5.74) is 3.04. The largest absolute Gasteiger partial charge is 0.445 e. The molecule has 0 heterocycles. The van der Waals surface area contributed by atoms with Crippen LogP contribution in [0.15, 0.2) is 30.3 Å². The molecule has 0 unspecified atom stereocenters. The lowest BCUT2D eigenvalue weighted by atomic mass is 9.80. The van der Waals surface area contributed by atoms with Crippen LogP contribution in [0, 0.1) is 5.92 Å². The van der Waals surface area contributed by atoms with Crippen LogP contribution in [0.25, 0.3) is 0 Å². The second-order valence-electron chi connectivity index (χ2n) is 4.58. The van der Waals surface area contributed by atoms with Crippen LogP contribution in [-0.2, 0) is 16.1 Å². The number of rotatable bonds is 4. The molecule has 0 saturated heterocycles. The maximum absolute atomic E-state index is 11.5. The van der Waals surface area contributed by atoms with Gasteiger partial charge in [-0.1, -0.05) is 30.3 Å². The van der Waals surface area contributed by atoms with Crippen LogP contribution < -0.4 is 28.3 Å². The van der Waals surface area contributed by atoms with E-state index in [0.29, 0.717) is 12.8 Å². The molecule has 1 aliphatic carbocycles. The van der Waals surface area contributed by atoms with Gasteiger partial charge in [-0.05, 0) is 18.4 Å². The molecule has 2 amide bonds. The van der Waals surface area contributed by atoms with Gasteiger partial charge in [0.1, 0.15) is 6.61 Å². The standard InChI is InChI=1S/C13H17N3O3.H4N2.H2O/c14-16-12(17)10-6-11(7-10)15-13(18)19-8-9-4-2-1-3-5-9;1-2;/h1-5,10-11H,6-8,14H2,(H,15,18)(H,16,17);1-2H2;1H2. The number of carbonyl (C=O) groups is 2. The van der Waals surface area contributed by atoms with E-state index in [1.54, 1.807) is 0 Å². The summed E-state index contributed by atoms with van der Waals surface area (Å²) < 4.78 is 5.08. The van der Waals surface area contributed by atoms with Crippen LogP contribution >= 0.6 is 0 Å². The minimum absolute atomic E-state index is 0. The first-order chi connectivity index (χ1) is 10.2. The minimum Gasteiger partial charge on any atom is -0.445 e. The molecular formula is C13H23N5O4. The van der Waals surface area contributed by atoms with E-state index in [1.165, 1.54) is 0 Å². The number of ether oxygens (including phenoxy) is 1. The number of alkyl carbamates (subject to hydrolysis) is 1. The van der Waals surface area contributed by atoms with Gasteiger partial charge in [-0.15, -0.1) is 0 Å². The molecule has 0 atom stereocenters. The molecule has 1 aliphatic rings. The quantitative estimate of drug-likeness (QED) is 0.261. The lowest BCUT2D eigenvalue weighted by Gasteiger charge is -2.33. The predicted octanol–water partition coefficient (Wildman–Crippen LogP) is -1.32. The molecule has 1 fully saturated rings. The first kappa shape index (κ1) is 19.8. The molecule has 0 spiro atoms. The first-order valence-corrected chi connectivity index (χ1v) is 6.50. The summed E-state index contributed by atoms with van der Waals surface area (Å²) in [5.74, 6) is 12.7. The summed E-state index contributed by atoms with van der Waals surface area (Å²) in [6.45, 7) is 0.242. The van der Waals surface area contributed by atoms with E-state index < -0.39 is 6.09 Å². The van der Waals surface area contributed by atoms with Crippen molar-refractivity contribution in [3.8, 4) is 0 Å². The number of hydrogen-bond donors (Lipinski definition) is 5. The van der Waals surface area contributed by atoms with Crippen LogP contribution in [0.4, 0.5) is 4.79 Å². The third kappa shape index (κ3) is 6.06. The van der Waals surface area contributed by atoms with Gasteiger partial charge >= 0.3 is 6.09 Å².